The van der Waals surface area contributed by atoms with Crippen LogP contribution in [0.5, 0.6) is 6.01 Å². The average molecular weight is 332 g/mol. The lowest BCUT2D eigenvalue weighted by Gasteiger charge is -2.04. The molecule has 8 heteroatoms. The van der Waals surface area contributed by atoms with Gasteiger partial charge in [-0.25, -0.2) is 4.68 Å². The quantitative estimate of drug-likeness (QED) is 0.830. The average Bonchev–Trinajstić information content (AvgIpc) is 2.64. The molecule has 0 aromatic carbocycles. The van der Waals surface area contributed by atoms with Crippen molar-refractivity contribution >= 4 is 28.5 Å². The highest BCUT2D eigenvalue weighted by Crippen LogP contribution is 2.10. The first-order valence-electron chi connectivity index (χ1n) is 4.54. The van der Waals surface area contributed by atoms with Crippen molar-refractivity contribution < 1.29 is 4.74 Å². The molecule has 16 heavy (non-hydrogen) atoms. The fourth-order valence-corrected chi connectivity index (χ4v) is 1.46. The van der Waals surface area contributed by atoms with Crippen LogP contribution in [0.4, 0.5) is 5.95 Å². The van der Waals surface area contributed by atoms with Crippen LogP contribution in [0, 0.1) is 3.57 Å². The predicted molar refractivity (Wildman–Crippen MR) is 65.2 cm³/mol. The van der Waals surface area contributed by atoms with Gasteiger partial charge in [0.1, 0.15) is 0 Å². The molecule has 2 rings (SSSR count). The Bertz CT molecular complexity index is 499. The maximum Gasteiger partial charge on any atom is 0.323 e. The van der Waals surface area contributed by atoms with Crippen molar-refractivity contribution in [2.45, 2.75) is 6.92 Å². The molecule has 7 nitrogen and oxygen atoms in total. The number of rotatable bonds is 3. The number of nitrogens with zero attached hydrogens (tertiary/aromatic N) is 5. The highest BCUT2D eigenvalue weighted by Gasteiger charge is 2.07. The third-order valence-electron chi connectivity index (χ3n) is 1.65. The molecule has 0 radical (unpaired) electrons. The van der Waals surface area contributed by atoms with Crippen molar-refractivity contribution in [1.82, 2.24) is 24.7 Å². The summed E-state index contributed by atoms with van der Waals surface area (Å²) in [7, 11) is 0. The van der Waals surface area contributed by atoms with Crippen molar-refractivity contribution in [1.29, 1.82) is 0 Å². The van der Waals surface area contributed by atoms with Crippen molar-refractivity contribution in [3.05, 3.63) is 16.0 Å². The van der Waals surface area contributed by atoms with Crippen LogP contribution < -0.4 is 10.5 Å². The number of hydrogen-bond donors (Lipinski definition) is 1. The summed E-state index contributed by atoms with van der Waals surface area (Å²) in [6.45, 7) is 2.32. The lowest BCUT2D eigenvalue weighted by Crippen LogP contribution is -2.09. The molecule has 2 N–H and O–H groups in total. The van der Waals surface area contributed by atoms with Crippen molar-refractivity contribution in [3.8, 4) is 12.0 Å². The van der Waals surface area contributed by atoms with Gasteiger partial charge in [0.05, 0.1) is 16.4 Å². The summed E-state index contributed by atoms with van der Waals surface area (Å²) in [6, 6.07) is 0.204. The largest absolute Gasteiger partial charge is 0.464 e. The fraction of sp³-hybridized carbons (Fsp3) is 0.250. The minimum atomic E-state index is 0.110. The zero-order valence-electron chi connectivity index (χ0n) is 8.46. The van der Waals surface area contributed by atoms with Crippen LogP contribution in [0.15, 0.2) is 12.4 Å². The molecule has 0 amide bonds. The van der Waals surface area contributed by atoms with E-state index in [1.807, 2.05) is 6.92 Å². The number of nitrogen functional groups attached to an aromatic ring is 1. The topological polar surface area (TPSA) is 91.7 Å². The van der Waals surface area contributed by atoms with E-state index in [2.05, 4.69) is 42.6 Å². The highest BCUT2D eigenvalue weighted by molar-refractivity contribution is 14.1. The van der Waals surface area contributed by atoms with E-state index in [1.54, 1.807) is 12.4 Å². The second-order valence-electron chi connectivity index (χ2n) is 2.81. The third-order valence-corrected chi connectivity index (χ3v) is 2.21. The van der Waals surface area contributed by atoms with Crippen molar-refractivity contribution in [3.63, 3.8) is 0 Å². The molecule has 84 valence electrons. The maximum atomic E-state index is 5.55. The van der Waals surface area contributed by atoms with Crippen LogP contribution in [0.1, 0.15) is 6.92 Å². The molecule has 2 aromatic heterocycles. The van der Waals surface area contributed by atoms with Crippen LogP contribution in [-0.4, -0.2) is 31.3 Å². The normalized spacial score (nSPS) is 10.4. The van der Waals surface area contributed by atoms with Crippen molar-refractivity contribution in [2.75, 3.05) is 12.3 Å². The molecule has 0 aliphatic carbocycles. The van der Waals surface area contributed by atoms with Gasteiger partial charge in [-0.3, -0.25) is 0 Å². The molecule has 2 aromatic rings. The van der Waals surface area contributed by atoms with E-state index in [-0.39, 0.29) is 12.0 Å². The Balaban J connectivity index is 2.40. The summed E-state index contributed by atoms with van der Waals surface area (Å²) in [6.07, 6.45) is 3.48. The van der Waals surface area contributed by atoms with Gasteiger partial charge in [0.2, 0.25) is 5.95 Å². The lowest BCUT2D eigenvalue weighted by atomic mass is 10.7. The maximum absolute atomic E-state index is 5.55. The van der Waals surface area contributed by atoms with E-state index < -0.39 is 0 Å². The first-order valence-corrected chi connectivity index (χ1v) is 5.62. The Morgan fingerprint density at radius 2 is 2.25 bits per heavy atom. The van der Waals surface area contributed by atoms with Gasteiger partial charge in [-0.05, 0) is 29.5 Å². The summed E-state index contributed by atoms with van der Waals surface area (Å²) < 4.78 is 7.67. The predicted octanol–water partition coefficient (Wildman–Crippen LogP) is 0.643. The second kappa shape index (κ2) is 4.60. The molecule has 0 saturated heterocycles. The van der Waals surface area contributed by atoms with Crippen LogP contribution in [0.2, 0.25) is 0 Å². The Kier molecular flexibility index (Phi) is 3.17. The SMILES string of the molecule is CCOc1nc(N)nc(-n2cc(I)cn2)n1. The first-order chi connectivity index (χ1) is 7.69. The van der Waals surface area contributed by atoms with Gasteiger partial charge >= 0.3 is 6.01 Å². The molecular formula is C8H9IN6O. The van der Waals surface area contributed by atoms with E-state index in [0.717, 1.165) is 3.57 Å². The number of nitrogens with two attached hydrogens (primary N) is 1. The molecule has 0 aliphatic rings. The lowest BCUT2D eigenvalue weighted by molar-refractivity contribution is 0.311. The number of ether oxygens (including phenoxy) is 1. The van der Waals surface area contributed by atoms with Gasteiger partial charge in [-0.1, -0.05) is 0 Å². The van der Waals surface area contributed by atoms with Gasteiger partial charge in [0, 0.05) is 6.20 Å². The van der Waals surface area contributed by atoms with E-state index in [1.165, 1.54) is 4.68 Å². The number of anilines is 1. The summed E-state index contributed by atoms with van der Waals surface area (Å²) in [4.78, 5) is 11.9. The molecule has 0 saturated carbocycles. The number of hydrogen-bond acceptors (Lipinski definition) is 6. The number of halogens is 1. The molecule has 0 unspecified atom stereocenters. The van der Waals surface area contributed by atoms with E-state index in [0.29, 0.717) is 12.6 Å². The van der Waals surface area contributed by atoms with Gasteiger partial charge in [0.25, 0.3) is 5.95 Å². The summed E-state index contributed by atoms with van der Waals surface area (Å²) in [5, 5.41) is 4.07. The Morgan fingerprint density at radius 1 is 1.44 bits per heavy atom. The Hall–Kier alpha value is -1.45. The second-order valence-corrected chi connectivity index (χ2v) is 4.06. The molecule has 2 heterocycles. The molecule has 0 atom stereocenters. The zero-order valence-corrected chi connectivity index (χ0v) is 10.6. The van der Waals surface area contributed by atoms with Crippen LogP contribution in [0.25, 0.3) is 5.95 Å². The molecule has 0 aliphatic heterocycles. The minimum absolute atomic E-state index is 0.110. The van der Waals surface area contributed by atoms with E-state index in [9.17, 15) is 0 Å². The van der Waals surface area contributed by atoms with Crippen LogP contribution in [-0.2, 0) is 0 Å². The Morgan fingerprint density at radius 3 is 2.88 bits per heavy atom. The fourth-order valence-electron chi connectivity index (χ4n) is 1.07. The Labute approximate surface area is 105 Å². The van der Waals surface area contributed by atoms with Gasteiger partial charge in [0.15, 0.2) is 0 Å². The first kappa shape index (κ1) is 11.0. The molecular weight excluding hydrogens is 323 g/mol. The molecule has 0 fully saturated rings. The zero-order chi connectivity index (χ0) is 11.5. The summed E-state index contributed by atoms with van der Waals surface area (Å²) in [5.41, 5.74) is 5.55. The van der Waals surface area contributed by atoms with Crippen LogP contribution >= 0.6 is 22.6 Å². The standard InChI is InChI=1S/C8H9IN6O/c1-2-16-8-13-6(10)12-7(14-8)15-4-5(9)3-11-15/h3-4H,2H2,1H3,(H2,10,12,13,14). The van der Waals surface area contributed by atoms with Gasteiger partial charge in [-0.2, -0.15) is 20.1 Å². The molecule has 0 bridgehead atoms. The monoisotopic (exact) mass is 332 g/mol. The summed E-state index contributed by atoms with van der Waals surface area (Å²) >= 11 is 2.14. The van der Waals surface area contributed by atoms with E-state index in [4.69, 9.17) is 10.5 Å². The van der Waals surface area contributed by atoms with E-state index >= 15 is 0 Å². The minimum Gasteiger partial charge on any atom is -0.464 e. The third kappa shape index (κ3) is 2.38. The van der Waals surface area contributed by atoms with Crippen molar-refractivity contribution in [2.24, 2.45) is 0 Å². The van der Waals surface area contributed by atoms with Crippen LogP contribution in [0.3, 0.4) is 0 Å². The number of aromatic nitrogens is 5. The smallest absolute Gasteiger partial charge is 0.323 e. The highest BCUT2D eigenvalue weighted by atomic mass is 127. The van der Waals surface area contributed by atoms with Gasteiger partial charge in [-0.15, -0.1) is 0 Å². The van der Waals surface area contributed by atoms with Gasteiger partial charge < -0.3 is 10.5 Å². The summed E-state index contributed by atoms with van der Waals surface area (Å²) in [5.74, 6) is 0.456. The molecule has 0 spiro atoms.